The predicted molar refractivity (Wildman–Crippen MR) is 127 cm³/mol. The van der Waals surface area contributed by atoms with Gasteiger partial charge in [0.25, 0.3) is 0 Å². The summed E-state index contributed by atoms with van der Waals surface area (Å²) in [6, 6.07) is 17.5. The normalized spacial score (nSPS) is 10.9. The Morgan fingerprint density at radius 3 is 2.62 bits per heavy atom. The Hall–Kier alpha value is -2.26. The maximum Gasteiger partial charge on any atom is 0.191 e. The van der Waals surface area contributed by atoms with Gasteiger partial charge in [0.05, 0.1) is 13.7 Å². The Labute approximate surface area is 192 Å². The lowest BCUT2D eigenvalue weighted by atomic mass is 10.1. The van der Waals surface area contributed by atoms with Crippen molar-refractivity contribution in [3.63, 3.8) is 0 Å². The second kappa shape index (κ2) is 11.7. The molecule has 0 fully saturated rings. The maximum atomic E-state index is 6.28. The Morgan fingerprint density at radius 2 is 1.93 bits per heavy atom. The minimum atomic E-state index is 0. The number of halogens is 2. The van der Waals surface area contributed by atoms with Gasteiger partial charge in [-0.25, -0.2) is 0 Å². The molecule has 0 atom stereocenters. The number of benzene rings is 2. The van der Waals surface area contributed by atoms with Crippen molar-refractivity contribution in [3.8, 4) is 17.1 Å². The van der Waals surface area contributed by atoms with Crippen molar-refractivity contribution in [2.24, 2.45) is 4.99 Å². The molecule has 0 bridgehead atoms. The molecule has 0 aliphatic heterocycles. The molecule has 0 saturated carbocycles. The third-order valence-corrected chi connectivity index (χ3v) is 4.58. The number of ether oxygens (including phenoxy) is 1. The van der Waals surface area contributed by atoms with E-state index in [4.69, 9.17) is 20.9 Å². The van der Waals surface area contributed by atoms with E-state index >= 15 is 0 Å². The van der Waals surface area contributed by atoms with Crippen LogP contribution in [0.4, 0.5) is 0 Å². The van der Waals surface area contributed by atoms with Crippen LogP contribution in [0.3, 0.4) is 0 Å². The SMILES string of the molecule is CN=C(NCCc1ccc(OC)cc1Cl)NCc1cc(-c2ccccc2)on1.I. The van der Waals surface area contributed by atoms with E-state index in [-0.39, 0.29) is 24.0 Å². The number of methoxy groups -OCH3 is 1. The molecule has 2 aromatic carbocycles. The molecule has 29 heavy (non-hydrogen) atoms. The van der Waals surface area contributed by atoms with Crippen molar-refractivity contribution in [1.82, 2.24) is 15.8 Å². The van der Waals surface area contributed by atoms with E-state index in [0.717, 1.165) is 34.8 Å². The van der Waals surface area contributed by atoms with Gasteiger partial charge in [-0.2, -0.15) is 0 Å². The zero-order chi connectivity index (χ0) is 19.8. The molecule has 0 saturated heterocycles. The van der Waals surface area contributed by atoms with Crippen LogP contribution < -0.4 is 15.4 Å². The maximum absolute atomic E-state index is 6.28. The van der Waals surface area contributed by atoms with Crippen LogP contribution in [0.15, 0.2) is 64.1 Å². The number of rotatable bonds is 7. The number of hydrogen-bond acceptors (Lipinski definition) is 4. The summed E-state index contributed by atoms with van der Waals surface area (Å²) < 4.78 is 10.6. The van der Waals surface area contributed by atoms with Gasteiger partial charge in [-0.3, -0.25) is 4.99 Å². The minimum absolute atomic E-state index is 0. The van der Waals surface area contributed by atoms with Crippen LogP contribution in [0.25, 0.3) is 11.3 Å². The highest BCUT2D eigenvalue weighted by atomic mass is 127. The first-order valence-corrected chi connectivity index (χ1v) is 9.35. The average Bonchev–Trinajstić information content (AvgIpc) is 3.21. The van der Waals surface area contributed by atoms with E-state index in [1.54, 1.807) is 14.2 Å². The molecule has 8 heteroatoms. The third-order valence-electron chi connectivity index (χ3n) is 4.22. The largest absolute Gasteiger partial charge is 0.497 e. The average molecular weight is 527 g/mol. The summed E-state index contributed by atoms with van der Waals surface area (Å²) in [5, 5.41) is 11.3. The van der Waals surface area contributed by atoms with Gasteiger partial charge in [-0.05, 0) is 24.1 Å². The van der Waals surface area contributed by atoms with Crippen LogP contribution in [-0.4, -0.2) is 31.8 Å². The van der Waals surface area contributed by atoms with E-state index in [0.29, 0.717) is 24.1 Å². The third kappa shape index (κ3) is 6.64. The van der Waals surface area contributed by atoms with Crippen LogP contribution in [0.5, 0.6) is 5.75 Å². The standard InChI is InChI=1S/C21H23ClN4O2.HI/c1-23-21(24-11-10-15-8-9-18(27-2)13-19(15)22)25-14-17-12-20(28-26-17)16-6-4-3-5-7-16;/h3-9,12-13H,10-11,14H2,1-2H3,(H2,23,24,25);1H. The molecule has 6 nitrogen and oxygen atoms in total. The molecule has 0 amide bonds. The summed E-state index contributed by atoms with van der Waals surface area (Å²) in [6.07, 6.45) is 0.769. The molecule has 0 aliphatic rings. The molecule has 2 N–H and O–H groups in total. The molecule has 3 rings (SSSR count). The number of aromatic nitrogens is 1. The Bertz CT molecular complexity index is 931. The topological polar surface area (TPSA) is 71.7 Å². The summed E-state index contributed by atoms with van der Waals surface area (Å²) in [6.45, 7) is 1.21. The highest BCUT2D eigenvalue weighted by Gasteiger charge is 2.07. The fourth-order valence-electron chi connectivity index (χ4n) is 2.70. The Morgan fingerprint density at radius 1 is 1.14 bits per heavy atom. The van der Waals surface area contributed by atoms with Crippen LogP contribution in [0, 0.1) is 0 Å². The highest BCUT2D eigenvalue weighted by Crippen LogP contribution is 2.22. The van der Waals surface area contributed by atoms with Gasteiger partial charge in [0.2, 0.25) is 0 Å². The van der Waals surface area contributed by atoms with Crippen LogP contribution in [-0.2, 0) is 13.0 Å². The van der Waals surface area contributed by atoms with E-state index < -0.39 is 0 Å². The number of nitrogens with one attached hydrogen (secondary N) is 2. The van der Waals surface area contributed by atoms with Crippen LogP contribution >= 0.6 is 35.6 Å². The number of aliphatic imine (C=N–C) groups is 1. The van der Waals surface area contributed by atoms with Gasteiger partial charge in [-0.15, -0.1) is 24.0 Å². The molecule has 1 aromatic heterocycles. The predicted octanol–water partition coefficient (Wildman–Crippen LogP) is 4.53. The molecule has 0 radical (unpaired) electrons. The molecule has 154 valence electrons. The van der Waals surface area contributed by atoms with Gasteiger partial charge in [0.15, 0.2) is 11.7 Å². The van der Waals surface area contributed by atoms with E-state index in [1.165, 1.54) is 0 Å². The summed E-state index contributed by atoms with van der Waals surface area (Å²) in [4.78, 5) is 4.23. The second-order valence-electron chi connectivity index (χ2n) is 6.11. The van der Waals surface area contributed by atoms with Gasteiger partial charge < -0.3 is 19.9 Å². The molecule has 3 aromatic rings. The highest BCUT2D eigenvalue weighted by molar-refractivity contribution is 14.0. The fraction of sp³-hybridized carbons (Fsp3) is 0.238. The van der Waals surface area contributed by atoms with E-state index in [1.807, 2.05) is 54.6 Å². The molecule has 0 spiro atoms. The number of nitrogens with zero attached hydrogens (tertiary/aromatic N) is 2. The lowest BCUT2D eigenvalue weighted by molar-refractivity contribution is 0.414. The second-order valence-corrected chi connectivity index (χ2v) is 6.52. The number of guanidine groups is 1. The summed E-state index contributed by atoms with van der Waals surface area (Å²) >= 11 is 6.28. The molecular weight excluding hydrogens is 503 g/mol. The van der Waals surface area contributed by atoms with Crippen molar-refractivity contribution < 1.29 is 9.26 Å². The lowest BCUT2D eigenvalue weighted by Crippen LogP contribution is -2.37. The van der Waals surface area contributed by atoms with E-state index in [2.05, 4.69) is 20.8 Å². The van der Waals surface area contributed by atoms with Gasteiger partial charge >= 0.3 is 0 Å². The van der Waals surface area contributed by atoms with Crippen molar-refractivity contribution in [3.05, 3.63) is 70.9 Å². The smallest absolute Gasteiger partial charge is 0.191 e. The van der Waals surface area contributed by atoms with Crippen LogP contribution in [0.2, 0.25) is 5.02 Å². The van der Waals surface area contributed by atoms with Crippen LogP contribution in [0.1, 0.15) is 11.3 Å². The first-order chi connectivity index (χ1) is 13.7. The zero-order valence-corrected chi connectivity index (χ0v) is 19.4. The van der Waals surface area contributed by atoms with Crippen molar-refractivity contribution in [2.45, 2.75) is 13.0 Å². The van der Waals surface area contributed by atoms with Crippen molar-refractivity contribution in [1.29, 1.82) is 0 Å². The summed E-state index contributed by atoms with van der Waals surface area (Å²) in [5.41, 5.74) is 2.86. The van der Waals surface area contributed by atoms with Gasteiger partial charge in [0, 0.05) is 30.2 Å². The molecule has 1 heterocycles. The van der Waals surface area contributed by atoms with Gasteiger partial charge in [0.1, 0.15) is 11.4 Å². The summed E-state index contributed by atoms with van der Waals surface area (Å²) in [5.74, 6) is 2.19. The quantitative estimate of drug-likeness (QED) is 0.269. The number of hydrogen-bond donors (Lipinski definition) is 2. The monoisotopic (exact) mass is 526 g/mol. The Kier molecular flexibility index (Phi) is 9.27. The molecule has 0 unspecified atom stereocenters. The molecular formula is C21H24ClIN4O2. The van der Waals surface area contributed by atoms with Crippen molar-refractivity contribution in [2.75, 3.05) is 20.7 Å². The first-order valence-electron chi connectivity index (χ1n) is 8.97. The zero-order valence-electron chi connectivity index (χ0n) is 16.3. The molecule has 0 aliphatic carbocycles. The fourth-order valence-corrected chi connectivity index (χ4v) is 2.97. The summed E-state index contributed by atoms with van der Waals surface area (Å²) in [7, 11) is 3.36. The van der Waals surface area contributed by atoms with E-state index in [9.17, 15) is 0 Å². The lowest BCUT2D eigenvalue weighted by Gasteiger charge is -2.11. The van der Waals surface area contributed by atoms with Gasteiger partial charge in [-0.1, -0.05) is 53.2 Å². The minimum Gasteiger partial charge on any atom is -0.497 e. The first kappa shape index (κ1) is 23.0. The Balaban J connectivity index is 0.00000300. The van der Waals surface area contributed by atoms with Crippen molar-refractivity contribution >= 4 is 41.5 Å².